The summed E-state index contributed by atoms with van der Waals surface area (Å²) in [7, 11) is -3.02. The molecule has 18 heavy (non-hydrogen) atoms. The van der Waals surface area contributed by atoms with E-state index in [0.29, 0.717) is 21.8 Å². The molecule has 0 saturated heterocycles. The Morgan fingerprint density at radius 3 is 2.78 bits per heavy atom. The van der Waals surface area contributed by atoms with E-state index in [-0.39, 0.29) is 12.3 Å². The number of nitrogens with two attached hydrogens (primary N) is 1. The zero-order valence-corrected chi connectivity index (χ0v) is 12.0. The van der Waals surface area contributed by atoms with E-state index in [1.807, 2.05) is 0 Å². The van der Waals surface area contributed by atoms with Crippen molar-refractivity contribution in [2.75, 3.05) is 17.7 Å². The van der Waals surface area contributed by atoms with Crippen molar-refractivity contribution in [2.45, 2.75) is 6.54 Å². The predicted octanol–water partition coefficient (Wildman–Crippen LogP) is 1.53. The van der Waals surface area contributed by atoms with E-state index in [9.17, 15) is 8.42 Å². The number of hydrogen-bond acceptors (Lipinski definition) is 5. The van der Waals surface area contributed by atoms with Gasteiger partial charge in [-0.25, -0.2) is 8.42 Å². The fourth-order valence-electron chi connectivity index (χ4n) is 1.44. The Morgan fingerprint density at radius 2 is 2.22 bits per heavy atom. The molecular formula is C10H12BrN3O3S. The van der Waals surface area contributed by atoms with Crippen LogP contribution in [0.2, 0.25) is 0 Å². The summed E-state index contributed by atoms with van der Waals surface area (Å²) in [6, 6.07) is 3.48. The van der Waals surface area contributed by atoms with Crippen LogP contribution < -0.4 is 5.73 Å². The number of furan rings is 1. The van der Waals surface area contributed by atoms with Crippen molar-refractivity contribution in [1.29, 1.82) is 0 Å². The number of rotatable bonds is 4. The van der Waals surface area contributed by atoms with Gasteiger partial charge >= 0.3 is 0 Å². The third kappa shape index (κ3) is 3.14. The molecule has 0 atom stereocenters. The summed E-state index contributed by atoms with van der Waals surface area (Å²) in [5.74, 6) is 0.563. The van der Waals surface area contributed by atoms with Gasteiger partial charge in [0, 0.05) is 12.5 Å². The van der Waals surface area contributed by atoms with E-state index in [0.717, 1.165) is 0 Å². The third-order valence-corrected chi connectivity index (χ3v) is 3.64. The van der Waals surface area contributed by atoms with Crippen molar-refractivity contribution in [3.63, 3.8) is 0 Å². The number of aryl methyl sites for hydroxylation is 1. The fraction of sp³-hybridized carbons (Fsp3) is 0.300. The molecule has 0 unspecified atom stereocenters. The monoisotopic (exact) mass is 333 g/mol. The summed E-state index contributed by atoms with van der Waals surface area (Å²) in [4.78, 5) is 0. The summed E-state index contributed by atoms with van der Waals surface area (Å²) in [6.45, 7) is 0.269. The van der Waals surface area contributed by atoms with Gasteiger partial charge in [0.25, 0.3) is 0 Å². The number of halogens is 1. The summed E-state index contributed by atoms with van der Waals surface area (Å²) in [5, 5.41) is 4.21. The highest BCUT2D eigenvalue weighted by molar-refractivity contribution is 9.10. The molecule has 2 N–H and O–H groups in total. The van der Waals surface area contributed by atoms with Crippen LogP contribution in [0.3, 0.4) is 0 Å². The molecule has 0 radical (unpaired) electrons. The van der Waals surface area contributed by atoms with Crippen LogP contribution in [-0.2, 0) is 16.4 Å². The first-order valence-electron chi connectivity index (χ1n) is 5.11. The van der Waals surface area contributed by atoms with Gasteiger partial charge in [-0.1, -0.05) is 0 Å². The van der Waals surface area contributed by atoms with Gasteiger partial charge in [0.2, 0.25) is 0 Å². The molecule has 0 saturated carbocycles. The molecule has 0 aliphatic heterocycles. The molecule has 0 aliphatic carbocycles. The van der Waals surface area contributed by atoms with Crippen LogP contribution in [0.1, 0.15) is 0 Å². The van der Waals surface area contributed by atoms with Gasteiger partial charge in [-0.05, 0) is 28.1 Å². The Bertz CT molecular complexity index is 660. The molecule has 2 aromatic rings. The minimum absolute atomic E-state index is 0.0232. The highest BCUT2D eigenvalue weighted by Crippen LogP contribution is 2.27. The van der Waals surface area contributed by atoms with Gasteiger partial charge in [0.1, 0.15) is 9.84 Å². The molecule has 8 heteroatoms. The topological polar surface area (TPSA) is 91.1 Å². The number of sulfone groups is 1. The van der Waals surface area contributed by atoms with E-state index < -0.39 is 9.84 Å². The van der Waals surface area contributed by atoms with Crippen molar-refractivity contribution in [3.05, 3.63) is 23.0 Å². The molecule has 6 nitrogen and oxygen atoms in total. The van der Waals surface area contributed by atoms with Crippen LogP contribution in [0.15, 0.2) is 27.4 Å². The smallest absolute Gasteiger partial charge is 0.169 e. The lowest BCUT2D eigenvalue weighted by molar-refractivity contribution is 0.550. The zero-order valence-electron chi connectivity index (χ0n) is 9.63. The van der Waals surface area contributed by atoms with Crippen molar-refractivity contribution < 1.29 is 12.8 Å². The lowest BCUT2D eigenvalue weighted by Gasteiger charge is -1.98. The minimum atomic E-state index is -3.02. The minimum Gasteiger partial charge on any atom is -0.448 e. The number of aromatic nitrogens is 2. The quantitative estimate of drug-likeness (QED) is 0.916. The largest absolute Gasteiger partial charge is 0.448 e. The van der Waals surface area contributed by atoms with Crippen molar-refractivity contribution >= 4 is 31.5 Å². The lowest BCUT2D eigenvalue weighted by atomic mass is 10.3. The van der Waals surface area contributed by atoms with E-state index >= 15 is 0 Å². The average Bonchev–Trinajstić information content (AvgIpc) is 2.81. The first-order valence-corrected chi connectivity index (χ1v) is 7.97. The van der Waals surface area contributed by atoms with E-state index in [4.69, 9.17) is 10.2 Å². The number of nitrogens with zero attached hydrogens (tertiary/aromatic N) is 2. The normalized spacial score (nSPS) is 11.9. The number of nitrogen functional groups attached to an aromatic ring is 1. The molecule has 0 spiro atoms. The highest BCUT2D eigenvalue weighted by Gasteiger charge is 2.13. The molecule has 2 rings (SSSR count). The van der Waals surface area contributed by atoms with E-state index in [1.54, 1.807) is 18.3 Å². The maximum absolute atomic E-state index is 11.1. The zero-order chi connectivity index (χ0) is 13.3. The molecule has 0 fully saturated rings. The molecule has 0 bridgehead atoms. The molecule has 0 amide bonds. The molecular weight excluding hydrogens is 322 g/mol. The van der Waals surface area contributed by atoms with Crippen LogP contribution in [0.25, 0.3) is 11.5 Å². The van der Waals surface area contributed by atoms with Crippen molar-refractivity contribution in [1.82, 2.24) is 9.78 Å². The summed E-state index contributed by atoms with van der Waals surface area (Å²) < 4.78 is 29.6. The summed E-state index contributed by atoms with van der Waals surface area (Å²) in [6.07, 6.45) is 2.78. The summed E-state index contributed by atoms with van der Waals surface area (Å²) >= 11 is 3.20. The van der Waals surface area contributed by atoms with E-state index in [1.165, 1.54) is 10.9 Å². The van der Waals surface area contributed by atoms with E-state index in [2.05, 4.69) is 21.0 Å². The maximum Gasteiger partial charge on any atom is 0.169 e. The fourth-order valence-corrected chi connectivity index (χ4v) is 2.27. The van der Waals surface area contributed by atoms with Gasteiger partial charge in [-0.2, -0.15) is 5.10 Å². The molecule has 2 aromatic heterocycles. The Balaban J connectivity index is 2.22. The van der Waals surface area contributed by atoms with Crippen molar-refractivity contribution in [3.8, 4) is 11.5 Å². The second-order valence-electron chi connectivity index (χ2n) is 3.93. The predicted molar refractivity (Wildman–Crippen MR) is 71.8 cm³/mol. The molecule has 2 heterocycles. The lowest BCUT2D eigenvalue weighted by Crippen LogP contribution is -2.11. The van der Waals surface area contributed by atoms with Crippen molar-refractivity contribution in [2.24, 2.45) is 0 Å². The standard InChI is InChI=1S/C10H12BrN3O3S/c1-18(15,16)5-4-14-6-7(12)10(13-14)8-2-3-9(11)17-8/h2-3,6H,4-5,12H2,1H3. The maximum atomic E-state index is 11.1. The van der Waals surface area contributed by atoms with Crippen LogP contribution in [-0.4, -0.2) is 30.2 Å². The Hall–Kier alpha value is -1.28. The van der Waals surface area contributed by atoms with Crippen LogP contribution >= 0.6 is 15.9 Å². The number of hydrogen-bond donors (Lipinski definition) is 1. The van der Waals surface area contributed by atoms with Gasteiger partial charge in [-0.15, -0.1) is 0 Å². The third-order valence-electron chi connectivity index (χ3n) is 2.29. The van der Waals surface area contributed by atoms with Gasteiger partial charge in [0.15, 0.2) is 16.1 Å². The van der Waals surface area contributed by atoms with Gasteiger partial charge < -0.3 is 10.2 Å². The second kappa shape index (κ2) is 4.77. The summed E-state index contributed by atoms with van der Waals surface area (Å²) in [5.41, 5.74) is 6.77. The highest BCUT2D eigenvalue weighted by atomic mass is 79.9. The Labute approximate surface area is 113 Å². The second-order valence-corrected chi connectivity index (χ2v) is 6.97. The van der Waals surface area contributed by atoms with Gasteiger partial charge in [-0.3, -0.25) is 4.68 Å². The molecule has 0 aliphatic rings. The molecule has 98 valence electrons. The first kappa shape index (κ1) is 13.2. The Kier molecular flexibility index (Phi) is 3.49. The van der Waals surface area contributed by atoms with Gasteiger partial charge in [0.05, 0.1) is 18.0 Å². The van der Waals surface area contributed by atoms with Crippen LogP contribution in [0.5, 0.6) is 0 Å². The SMILES string of the molecule is CS(=O)(=O)CCn1cc(N)c(-c2ccc(Br)o2)n1. The van der Waals surface area contributed by atoms with Crippen LogP contribution in [0.4, 0.5) is 5.69 Å². The number of anilines is 1. The Morgan fingerprint density at radius 1 is 1.50 bits per heavy atom. The average molecular weight is 334 g/mol. The molecule has 0 aromatic carbocycles. The first-order chi connectivity index (χ1) is 8.35. The van der Waals surface area contributed by atoms with Crippen LogP contribution in [0, 0.1) is 0 Å².